The Morgan fingerprint density at radius 3 is 2.67 bits per heavy atom. The van der Waals surface area contributed by atoms with Gasteiger partial charge in [0.05, 0.1) is 13.0 Å². The normalized spacial score (nSPS) is 16.2. The SMILES string of the molecule is COC(=O)C1CCN(C(=O)/C=C/c2cccc(Cl)c2)CC1. The van der Waals surface area contributed by atoms with Gasteiger partial charge in [-0.1, -0.05) is 23.7 Å². The molecule has 1 heterocycles. The smallest absolute Gasteiger partial charge is 0.308 e. The van der Waals surface area contributed by atoms with Gasteiger partial charge in [0.2, 0.25) is 5.91 Å². The van der Waals surface area contributed by atoms with Crippen molar-refractivity contribution in [3.8, 4) is 0 Å². The number of piperidine rings is 1. The molecule has 1 aliphatic rings. The van der Waals surface area contributed by atoms with Gasteiger partial charge in [-0.25, -0.2) is 0 Å². The molecule has 0 saturated carbocycles. The van der Waals surface area contributed by atoms with Crippen LogP contribution in [0.2, 0.25) is 5.02 Å². The van der Waals surface area contributed by atoms with Gasteiger partial charge in [0.1, 0.15) is 0 Å². The van der Waals surface area contributed by atoms with Crippen LogP contribution in [0.25, 0.3) is 6.08 Å². The number of halogens is 1. The standard InChI is InChI=1S/C16H18ClNO3/c1-21-16(20)13-7-9-18(10-8-13)15(19)6-5-12-3-2-4-14(17)11-12/h2-6,11,13H,7-10H2,1H3/b6-5+. The van der Waals surface area contributed by atoms with E-state index in [0.717, 1.165) is 5.56 Å². The van der Waals surface area contributed by atoms with E-state index in [1.807, 2.05) is 12.1 Å². The number of hydrogen-bond donors (Lipinski definition) is 0. The van der Waals surface area contributed by atoms with E-state index >= 15 is 0 Å². The molecule has 0 atom stereocenters. The van der Waals surface area contributed by atoms with Gasteiger partial charge in [0, 0.05) is 24.2 Å². The first-order chi connectivity index (χ1) is 10.1. The number of likely N-dealkylation sites (tertiary alicyclic amines) is 1. The van der Waals surface area contributed by atoms with E-state index < -0.39 is 0 Å². The summed E-state index contributed by atoms with van der Waals surface area (Å²) >= 11 is 5.90. The third-order valence-electron chi connectivity index (χ3n) is 3.61. The predicted molar refractivity (Wildman–Crippen MR) is 81.8 cm³/mol. The van der Waals surface area contributed by atoms with Crippen molar-refractivity contribution in [3.05, 3.63) is 40.9 Å². The number of methoxy groups -OCH3 is 1. The van der Waals surface area contributed by atoms with Crippen LogP contribution in [0.1, 0.15) is 18.4 Å². The quantitative estimate of drug-likeness (QED) is 0.637. The lowest BCUT2D eigenvalue weighted by molar-refractivity contribution is -0.148. The van der Waals surface area contributed by atoms with E-state index in [4.69, 9.17) is 16.3 Å². The summed E-state index contributed by atoms with van der Waals surface area (Å²) in [6.45, 7) is 1.16. The molecule has 0 aromatic heterocycles. The van der Waals surface area contributed by atoms with Crippen LogP contribution >= 0.6 is 11.6 Å². The van der Waals surface area contributed by atoms with Crippen molar-refractivity contribution >= 4 is 29.6 Å². The summed E-state index contributed by atoms with van der Waals surface area (Å²) in [6, 6.07) is 7.32. The Morgan fingerprint density at radius 2 is 2.05 bits per heavy atom. The van der Waals surface area contributed by atoms with Crippen molar-refractivity contribution in [2.75, 3.05) is 20.2 Å². The molecule has 0 spiro atoms. The molecule has 0 radical (unpaired) electrons. The maximum absolute atomic E-state index is 12.1. The summed E-state index contributed by atoms with van der Waals surface area (Å²) in [5.41, 5.74) is 0.889. The monoisotopic (exact) mass is 307 g/mol. The lowest BCUT2D eigenvalue weighted by atomic mass is 9.97. The highest BCUT2D eigenvalue weighted by Crippen LogP contribution is 2.19. The molecule has 1 aromatic rings. The molecular weight excluding hydrogens is 290 g/mol. The maximum Gasteiger partial charge on any atom is 0.308 e. The Bertz CT molecular complexity index is 548. The highest BCUT2D eigenvalue weighted by Gasteiger charge is 2.26. The van der Waals surface area contributed by atoms with Crippen molar-refractivity contribution in [3.63, 3.8) is 0 Å². The maximum atomic E-state index is 12.1. The van der Waals surface area contributed by atoms with E-state index in [-0.39, 0.29) is 17.8 Å². The van der Waals surface area contributed by atoms with E-state index in [9.17, 15) is 9.59 Å². The number of rotatable bonds is 3. The summed E-state index contributed by atoms with van der Waals surface area (Å²) in [4.78, 5) is 25.3. The van der Waals surface area contributed by atoms with Crippen molar-refractivity contribution in [1.82, 2.24) is 4.90 Å². The van der Waals surface area contributed by atoms with Gasteiger partial charge in [0.25, 0.3) is 0 Å². The summed E-state index contributed by atoms with van der Waals surface area (Å²) < 4.78 is 4.73. The molecule has 112 valence electrons. The van der Waals surface area contributed by atoms with E-state index in [1.165, 1.54) is 7.11 Å². The van der Waals surface area contributed by atoms with Gasteiger partial charge in [0.15, 0.2) is 0 Å². The minimum atomic E-state index is -0.184. The number of ether oxygens (including phenoxy) is 1. The Kier molecular flexibility index (Phi) is 5.39. The average molecular weight is 308 g/mol. The summed E-state index contributed by atoms with van der Waals surface area (Å²) in [5, 5.41) is 0.642. The zero-order valence-corrected chi connectivity index (χ0v) is 12.7. The second-order valence-electron chi connectivity index (χ2n) is 5.01. The molecule has 0 N–H and O–H groups in total. The Labute approximate surface area is 129 Å². The summed E-state index contributed by atoms with van der Waals surface area (Å²) in [6.07, 6.45) is 4.61. The number of nitrogens with zero attached hydrogens (tertiary/aromatic N) is 1. The van der Waals surface area contributed by atoms with Crippen molar-refractivity contribution in [2.45, 2.75) is 12.8 Å². The van der Waals surface area contributed by atoms with Crippen LogP contribution in [0.5, 0.6) is 0 Å². The second kappa shape index (κ2) is 7.27. The van der Waals surface area contributed by atoms with Gasteiger partial charge in [-0.05, 0) is 36.6 Å². The van der Waals surface area contributed by atoms with E-state index in [2.05, 4.69) is 0 Å². The first-order valence-corrected chi connectivity index (χ1v) is 7.28. The van der Waals surface area contributed by atoms with Gasteiger partial charge in [-0.2, -0.15) is 0 Å². The highest BCUT2D eigenvalue weighted by molar-refractivity contribution is 6.30. The lowest BCUT2D eigenvalue weighted by Gasteiger charge is -2.29. The lowest BCUT2D eigenvalue weighted by Crippen LogP contribution is -2.39. The van der Waals surface area contributed by atoms with Crippen LogP contribution in [0.15, 0.2) is 30.3 Å². The molecular formula is C16H18ClNO3. The minimum Gasteiger partial charge on any atom is -0.469 e. The summed E-state index contributed by atoms with van der Waals surface area (Å²) in [5.74, 6) is -0.314. The number of benzene rings is 1. The molecule has 4 nitrogen and oxygen atoms in total. The molecule has 1 aromatic carbocycles. The molecule has 0 bridgehead atoms. The fourth-order valence-electron chi connectivity index (χ4n) is 2.39. The topological polar surface area (TPSA) is 46.6 Å². The third-order valence-corrected chi connectivity index (χ3v) is 3.84. The number of esters is 1. The fraction of sp³-hybridized carbons (Fsp3) is 0.375. The number of amides is 1. The van der Waals surface area contributed by atoms with Gasteiger partial charge < -0.3 is 9.64 Å². The first-order valence-electron chi connectivity index (χ1n) is 6.90. The minimum absolute atomic E-state index is 0.0432. The molecule has 2 rings (SSSR count). The largest absolute Gasteiger partial charge is 0.469 e. The Hall–Kier alpha value is -1.81. The van der Waals surface area contributed by atoms with Crippen molar-refractivity contribution in [2.24, 2.45) is 5.92 Å². The van der Waals surface area contributed by atoms with Crippen LogP contribution in [0, 0.1) is 5.92 Å². The average Bonchev–Trinajstić information content (AvgIpc) is 2.52. The summed E-state index contributed by atoms with van der Waals surface area (Å²) in [7, 11) is 1.40. The third kappa shape index (κ3) is 4.33. The molecule has 1 fully saturated rings. The van der Waals surface area contributed by atoms with Crippen LogP contribution < -0.4 is 0 Å². The molecule has 0 unspecified atom stereocenters. The fourth-order valence-corrected chi connectivity index (χ4v) is 2.58. The molecule has 1 saturated heterocycles. The first kappa shape index (κ1) is 15.6. The van der Waals surface area contributed by atoms with Crippen LogP contribution in [-0.4, -0.2) is 37.0 Å². The molecule has 21 heavy (non-hydrogen) atoms. The van der Waals surface area contributed by atoms with Crippen molar-refractivity contribution < 1.29 is 14.3 Å². The highest BCUT2D eigenvalue weighted by atomic mass is 35.5. The predicted octanol–water partition coefficient (Wildman–Crippen LogP) is 2.76. The van der Waals surface area contributed by atoms with Crippen molar-refractivity contribution in [1.29, 1.82) is 0 Å². The van der Waals surface area contributed by atoms with E-state index in [1.54, 1.807) is 29.2 Å². The van der Waals surface area contributed by atoms with Crippen LogP contribution in [0.3, 0.4) is 0 Å². The van der Waals surface area contributed by atoms with E-state index in [0.29, 0.717) is 31.0 Å². The number of carbonyl (C=O) groups excluding carboxylic acids is 2. The van der Waals surface area contributed by atoms with Gasteiger partial charge in [-0.15, -0.1) is 0 Å². The molecule has 5 heteroatoms. The molecule has 1 aliphatic heterocycles. The number of carbonyl (C=O) groups is 2. The molecule has 1 amide bonds. The zero-order chi connectivity index (χ0) is 15.2. The molecule has 0 aliphatic carbocycles. The Morgan fingerprint density at radius 1 is 1.33 bits per heavy atom. The van der Waals surface area contributed by atoms with Gasteiger partial charge >= 0.3 is 5.97 Å². The second-order valence-corrected chi connectivity index (χ2v) is 5.45. The zero-order valence-electron chi connectivity index (χ0n) is 11.9. The van der Waals surface area contributed by atoms with Gasteiger partial charge in [-0.3, -0.25) is 9.59 Å². The van der Waals surface area contributed by atoms with Crippen LogP contribution in [0.4, 0.5) is 0 Å². The number of hydrogen-bond acceptors (Lipinski definition) is 3. The van der Waals surface area contributed by atoms with Crippen LogP contribution in [-0.2, 0) is 14.3 Å². The Balaban J connectivity index is 1.89.